The van der Waals surface area contributed by atoms with Gasteiger partial charge in [0.15, 0.2) is 6.04 Å². The minimum absolute atomic E-state index is 0.0190. The zero-order chi connectivity index (χ0) is 25.1. The first-order chi connectivity index (χ1) is 15.9. The summed E-state index contributed by atoms with van der Waals surface area (Å²) in [6, 6.07) is 13.1. The van der Waals surface area contributed by atoms with E-state index in [1.807, 2.05) is 26.8 Å². The summed E-state index contributed by atoms with van der Waals surface area (Å²) in [5.41, 5.74) is 1.55. The van der Waals surface area contributed by atoms with Crippen LogP contribution in [0.4, 0.5) is 0 Å². The molecule has 0 aromatic heterocycles. The first kappa shape index (κ1) is 25.4. The standard InChI is InChI=1S/C24H29N3O6S/c1-15(28)33-23-20(22(30)26-23)25-21(29)19(14-16-8-6-5-7-9-16)27-34(31,32)18-12-10-17(11-13-18)24(2,3)4/h5-13,19-20,23,27H,14H2,1-4H3,(H,25,29)(H,26,30)/t19-,20+,23-/m0/s1. The number of sulfonamides is 1. The van der Waals surface area contributed by atoms with Crippen LogP contribution in [0.25, 0.3) is 0 Å². The molecule has 2 aromatic rings. The van der Waals surface area contributed by atoms with E-state index in [4.69, 9.17) is 4.74 Å². The van der Waals surface area contributed by atoms with Crippen LogP contribution in [0.2, 0.25) is 0 Å². The van der Waals surface area contributed by atoms with E-state index in [1.54, 1.807) is 36.4 Å². The molecule has 0 bridgehead atoms. The predicted molar refractivity (Wildman–Crippen MR) is 125 cm³/mol. The van der Waals surface area contributed by atoms with E-state index in [1.165, 1.54) is 19.1 Å². The molecule has 10 heteroatoms. The molecule has 1 saturated heterocycles. The van der Waals surface area contributed by atoms with Crippen LogP contribution >= 0.6 is 0 Å². The number of hydrogen-bond acceptors (Lipinski definition) is 6. The van der Waals surface area contributed by atoms with Gasteiger partial charge in [-0.1, -0.05) is 63.2 Å². The third kappa shape index (κ3) is 6.21. The maximum absolute atomic E-state index is 13.1. The Balaban J connectivity index is 1.82. The van der Waals surface area contributed by atoms with Crippen LogP contribution in [0.15, 0.2) is 59.5 Å². The first-order valence-corrected chi connectivity index (χ1v) is 12.3. The van der Waals surface area contributed by atoms with Gasteiger partial charge in [-0.3, -0.25) is 14.4 Å². The zero-order valence-corrected chi connectivity index (χ0v) is 20.3. The lowest BCUT2D eigenvalue weighted by Gasteiger charge is -2.36. The normalized spacial score (nSPS) is 18.9. The lowest BCUT2D eigenvalue weighted by molar-refractivity contribution is -0.164. The first-order valence-electron chi connectivity index (χ1n) is 10.8. The fourth-order valence-corrected chi connectivity index (χ4v) is 4.65. The van der Waals surface area contributed by atoms with Crippen molar-refractivity contribution in [1.29, 1.82) is 0 Å². The Labute approximate surface area is 199 Å². The van der Waals surface area contributed by atoms with Gasteiger partial charge in [-0.25, -0.2) is 8.42 Å². The molecule has 1 heterocycles. The van der Waals surface area contributed by atoms with E-state index in [-0.39, 0.29) is 16.7 Å². The Morgan fingerprint density at radius 2 is 1.68 bits per heavy atom. The van der Waals surface area contributed by atoms with Gasteiger partial charge in [-0.2, -0.15) is 4.72 Å². The van der Waals surface area contributed by atoms with Crippen LogP contribution in [-0.4, -0.2) is 44.5 Å². The van der Waals surface area contributed by atoms with Crippen LogP contribution in [0.3, 0.4) is 0 Å². The number of esters is 1. The fraction of sp³-hybridized carbons (Fsp3) is 0.375. The number of benzene rings is 2. The van der Waals surface area contributed by atoms with Crippen molar-refractivity contribution in [3.63, 3.8) is 0 Å². The summed E-state index contributed by atoms with van der Waals surface area (Å²) >= 11 is 0. The van der Waals surface area contributed by atoms with Gasteiger partial charge in [0.25, 0.3) is 5.91 Å². The number of amides is 2. The molecule has 2 aromatic carbocycles. The van der Waals surface area contributed by atoms with E-state index >= 15 is 0 Å². The average Bonchev–Trinajstić information content (AvgIpc) is 2.76. The van der Waals surface area contributed by atoms with Crippen LogP contribution < -0.4 is 15.4 Å². The lowest BCUT2D eigenvalue weighted by atomic mass is 9.87. The molecule has 3 rings (SSSR count). The second kappa shape index (κ2) is 9.94. The largest absolute Gasteiger partial charge is 0.439 e. The summed E-state index contributed by atoms with van der Waals surface area (Å²) in [5, 5.41) is 4.86. The van der Waals surface area contributed by atoms with Crippen molar-refractivity contribution in [1.82, 2.24) is 15.4 Å². The molecular weight excluding hydrogens is 458 g/mol. The number of rotatable bonds is 8. The third-order valence-corrected chi connectivity index (χ3v) is 6.88. The molecule has 0 radical (unpaired) electrons. The molecule has 0 spiro atoms. The molecule has 9 nitrogen and oxygen atoms in total. The van der Waals surface area contributed by atoms with Crippen molar-refractivity contribution in [2.75, 3.05) is 0 Å². The van der Waals surface area contributed by atoms with Gasteiger partial charge in [0.1, 0.15) is 6.04 Å². The van der Waals surface area contributed by atoms with E-state index in [0.717, 1.165) is 11.1 Å². The van der Waals surface area contributed by atoms with Crippen molar-refractivity contribution in [3.05, 3.63) is 65.7 Å². The Bertz CT molecular complexity index is 1160. The smallest absolute Gasteiger partial charge is 0.304 e. The van der Waals surface area contributed by atoms with Crippen LogP contribution in [0, 0.1) is 0 Å². The molecule has 34 heavy (non-hydrogen) atoms. The average molecular weight is 488 g/mol. The molecule has 1 aliphatic rings. The van der Waals surface area contributed by atoms with Crippen molar-refractivity contribution in [2.24, 2.45) is 0 Å². The number of β-lactam (4-membered cyclic amide) rings is 1. The van der Waals surface area contributed by atoms with Gasteiger partial charge in [0, 0.05) is 6.92 Å². The summed E-state index contributed by atoms with van der Waals surface area (Å²) in [7, 11) is -4.05. The second-order valence-corrected chi connectivity index (χ2v) is 10.9. The van der Waals surface area contributed by atoms with Crippen molar-refractivity contribution < 1.29 is 27.5 Å². The number of ether oxygens (including phenoxy) is 1. The minimum atomic E-state index is -4.05. The number of hydrogen-bond donors (Lipinski definition) is 3. The highest BCUT2D eigenvalue weighted by Crippen LogP contribution is 2.23. The Morgan fingerprint density at radius 3 is 2.21 bits per heavy atom. The van der Waals surface area contributed by atoms with Crippen molar-refractivity contribution in [2.45, 2.75) is 62.7 Å². The summed E-state index contributed by atoms with van der Waals surface area (Å²) in [5.74, 6) is -1.86. The lowest BCUT2D eigenvalue weighted by Crippen LogP contribution is -2.71. The predicted octanol–water partition coefficient (Wildman–Crippen LogP) is 1.38. The van der Waals surface area contributed by atoms with Gasteiger partial charge < -0.3 is 15.4 Å². The zero-order valence-electron chi connectivity index (χ0n) is 19.5. The molecule has 0 unspecified atom stereocenters. The van der Waals surface area contributed by atoms with Crippen LogP contribution in [0.1, 0.15) is 38.8 Å². The van der Waals surface area contributed by atoms with Crippen molar-refractivity contribution >= 4 is 27.8 Å². The molecule has 182 valence electrons. The fourth-order valence-electron chi connectivity index (χ4n) is 3.45. The summed E-state index contributed by atoms with van der Waals surface area (Å²) in [6.07, 6.45) is -0.952. The highest BCUT2D eigenvalue weighted by molar-refractivity contribution is 7.89. The molecule has 0 saturated carbocycles. The van der Waals surface area contributed by atoms with Gasteiger partial charge in [-0.15, -0.1) is 0 Å². The summed E-state index contributed by atoms with van der Waals surface area (Å²) < 4.78 is 33.6. The third-order valence-electron chi connectivity index (χ3n) is 5.39. The Hall–Kier alpha value is -3.24. The highest BCUT2D eigenvalue weighted by Gasteiger charge is 2.44. The minimum Gasteiger partial charge on any atom is -0.439 e. The number of carbonyl (C=O) groups is 3. The van der Waals surface area contributed by atoms with Crippen LogP contribution in [-0.2, 0) is 41.0 Å². The van der Waals surface area contributed by atoms with Crippen LogP contribution in [0.5, 0.6) is 0 Å². The molecule has 3 atom stereocenters. The van der Waals surface area contributed by atoms with Gasteiger partial charge in [0.2, 0.25) is 22.2 Å². The molecule has 1 fully saturated rings. The van der Waals surface area contributed by atoms with E-state index in [2.05, 4.69) is 15.4 Å². The number of nitrogens with one attached hydrogen (secondary N) is 3. The second-order valence-electron chi connectivity index (χ2n) is 9.16. The van der Waals surface area contributed by atoms with Gasteiger partial charge in [0.05, 0.1) is 4.90 Å². The monoisotopic (exact) mass is 487 g/mol. The summed E-state index contributed by atoms with van der Waals surface area (Å²) in [4.78, 5) is 36.2. The number of carbonyl (C=O) groups excluding carboxylic acids is 3. The molecule has 0 aliphatic carbocycles. The SMILES string of the molecule is CC(=O)O[C@@H]1NC(=O)[C@H]1NC(=O)[C@H](Cc1ccccc1)NS(=O)(=O)c1ccc(C(C)(C)C)cc1. The summed E-state index contributed by atoms with van der Waals surface area (Å²) in [6.45, 7) is 7.25. The topological polar surface area (TPSA) is 131 Å². The Kier molecular flexibility index (Phi) is 7.42. The highest BCUT2D eigenvalue weighted by atomic mass is 32.2. The Morgan fingerprint density at radius 1 is 1.06 bits per heavy atom. The maximum Gasteiger partial charge on any atom is 0.304 e. The quantitative estimate of drug-likeness (QED) is 0.381. The van der Waals surface area contributed by atoms with Gasteiger partial charge in [-0.05, 0) is 35.1 Å². The molecule has 3 N–H and O–H groups in total. The van der Waals surface area contributed by atoms with Crippen molar-refractivity contribution in [3.8, 4) is 0 Å². The van der Waals surface area contributed by atoms with Gasteiger partial charge >= 0.3 is 5.97 Å². The maximum atomic E-state index is 13.1. The van der Waals surface area contributed by atoms with E-state index < -0.39 is 46.1 Å². The van der Waals surface area contributed by atoms with E-state index in [0.29, 0.717) is 0 Å². The molecule has 2 amide bonds. The molecule has 1 aliphatic heterocycles. The van der Waals surface area contributed by atoms with E-state index in [9.17, 15) is 22.8 Å². The molecular formula is C24H29N3O6S.